The summed E-state index contributed by atoms with van der Waals surface area (Å²) in [6.45, 7) is 3.14. The van der Waals surface area contributed by atoms with Crippen LogP contribution >= 0.6 is 0 Å². The minimum Gasteiger partial charge on any atom is -0.497 e. The predicted octanol–water partition coefficient (Wildman–Crippen LogP) is 4.94. The molecule has 1 aromatic carbocycles. The topological polar surface area (TPSA) is 195 Å². The molecule has 328 valence electrons. The van der Waals surface area contributed by atoms with E-state index in [2.05, 4.69) is 10.6 Å². The van der Waals surface area contributed by atoms with Crippen LogP contribution in [0.15, 0.2) is 18.2 Å². The molecule has 0 spiro atoms. The Bertz CT molecular complexity index is 2120. The Balaban J connectivity index is 1.16. The van der Waals surface area contributed by atoms with Crippen molar-refractivity contribution >= 4 is 44.9 Å². The van der Waals surface area contributed by atoms with E-state index in [0.717, 1.165) is 51.4 Å². The molecule has 2 aromatic rings. The van der Waals surface area contributed by atoms with Crippen molar-refractivity contribution in [3.05, 3.63) is 23.9 Å². The molecule has 8 rings (SSSR count). The summed E-state index contributed by atoms with van der Waals surface area (Å²) in [6, 6.07) is 2.94. The van der Waals surface area contributed by atoms with Crippen molar-refractivity contribution in [3.63, 3.8) is 0 Å². The number of hydrogen-bond acceptors (Lipinski definition) is 11. The Kier molecular flexibility index (Phi) is 11.6. The number of nitrogens with one attached hydrogen (secondary N) is 3. The number of halogens is 2. The third kappa shape index (κ3) is 8.33. The average molecular weight is 859 g/mol. The van der Waals surface area contributed by atoms with Crippen molar-refractivity contribution < 1.29 is 50.6 Å². The first kappa shape index (κ1) is 42.3. The number of carbonyl (C=O) groups is 4. The van der Waals surface area contributed by atoms with E-state index in [1.807, 2.05) is 17.7 Å². The van der Waals surface area contributed by atoms with Crippen molar-refractivity contribution in [2.75, 3.05) is 13.7 Å². The molecule has 60 heavy (non-hydrogen) atoms. The Labute approximate surface area is 348 Å². The van der Waals surface area contributed by atoms with Crippen LogP contribution in [0, 0.1) is 23.7 Å². The van der Waals surface area contributed by atoms with Crippen LogP contribution in [0.1, 0.15) is 109 Å². The second-order valence-corrected chi connectivity index (χ2v) is 20.2. The van der Waals surface area contributed by atoms with Gasteiger partial charge < -0.3 is 29.7 Å². The molecule has 18 heteroatoms. The summed E-state index contributed by atoms with van der Waals surface area (Å²) in [7, 11) is -2.69. The van der Waals surface area contributed by atoms with E-state index in [1.165, 1.54) is 11.8 Å². The number of hydrogen-bond donors (Lipinski definition) is 3. The van der Waals surface area contributed by atoms with Gasteiger partial charge in [-0.15, -0.1) is 0 Å². The van der Waals surface area contributed by atoms with E-state index in [1.54, 1.807) is 19.2 Å². The average Bonchev–Trinajstić information content (AvgIpc) is 4.17. The van der Waals surface area contributed by atoms with Gasteiger partial charge in [0.15, 0.2) is 0 Å². The van der Waals surface area contributed by atoms with Gasteiger partial charge in [-0.1, -0.05) is 39.0 Å². The van der Waals surface area contributed by atoms with Crippen molar-refractivity contribution in [1.82, 2.24) is 30.2 Å². The number of benzene rings is 1. The highest BCUT2D eigenvalue weighted by Gasteiger charge is 2.68. The number of sulfonamides is 1. The van der Waals surface area contributed by atoms with Crippen molar-refractivity contribution in [2.45, 2.75) is 151 Å². The molecule has 4 amide bonds. The third-order valence-electron chi connectivity index (χ3n) is 14.0. The molecule has 0 radical (unpaired) electrons. The fraction of sp³-hybridized carbons (Fsp3) is 0.714. The lowest BCUT2D eigenvalue weighted by Crippen LogP contribution is -2.60. The number of methoxy groups -OCH3 is 1. The van der Waals surface area contributed by atoms with Crippen molar-refractivity contribution in [1.29, 1.82) is 0 Å². The Hall–Kier alpha value is -4.35. The zero-order valence-electron chi connectivity index (χ0n) is 34.4. The summed E-state index contributed by atoms with van der Waals surface area (Å²) in [6.07, 6.45) is 4.37. The largest absolute Gasteiger partial charge is 0.497 e. The Morgan fingerprint density at radius 1 is 1.00 bits per heavy atom. The highest BCUT2D eigenvalue weighted by atomic mass is 32.2. The molecule has 5 fully saturated rings. The highest BCUT2D eigenvalue weighted by molar-refractivity contribution is 7.91. The van der Waals surface area contributed by atoms with Crippen LogP contribution in [0.25, 0.3) is 11.0 Å². The van der Waals surface area contributed by atoms with E-state index in [-0.39, 0.29) is 36.8 Å². The highest BCUT2D eigenvalue weighted by Crippen LogP contribution is 2.50. The van der Waals surface area contributed by atoms with E-state index in [9.17, 15) is 31.6 Å². The molecule has 2 bridgehead atoms. The van der Waals surface area contributed by atoms with Gasteiger partial charge in [-0.3, -0.25) is 19.1 Å². The van der Waals surface area contributed by atoms with Gasteiger partial charge in [0.25, 0.3) is 5.91 Å². The molecule has 6 aliphatic rings. The zero-order chi connectivity index (χ0) is 42.6. The van der Waals surface area contributed by atoms with Gasteiger partial charge in [0.2, 0.25) is 34.1 Å². The number of aromatic nitrogens is 2. The number of rotatable bonds is 9. The molecule has 4 aliphatic carbocycles. The standard InChI is InChI=1S/C42H56F2N6O9S/c1-4-26-32-22-50(34(26)36(51)48-42(21-27(42)35(43)44)39(53)49-60(55,56)41(2)17-18-41)38(52)33(23-11-9-10-12-23)47-40(54)59-31-19-24(31)13-7-5-6-8-14-29-37(58-32)46-30-20-25(57-3)15-16-28(30)45-29/h15-16,20,23-24,26-27,31-35H,4-14,17-19,21-22H2,1-3H3,(H,47,54)(H,48,51)(H,49,53)/t24-,26-,27+,31-,32+,33+,34+,42-/m1/s1. The van der Waals surface area contributed by atoms with Crippen LogP contribution in [-0.2, 0) is 35.6 Å². The van der Waals surface area contributed by atoms with Gasteiger partial charge in [-0.2, -0.15) is 0 Å². The second-order valence-electron chi connectivity index (χ2n) is 18.0. The van der Waals surface area contributed by atoms with Gasteiger partial charge in [0, 0.05) is 12.0 Å². The number of aryl methyl sites for hydroxylation is 1. The lowest BCUT2D eigenvalue weighted by molar-refractivity contribution is -0.143. The van der Waals surface area contributed by atoms with Crippen molar-refractivity contribution in [3.8, 4) is 11.6 Å². The lowest BCUT2D eigenvalue weighted by atomic mass is 9.92. The summed E-state index contributed by atoms with van der Waals surface area (Å²) in [5, 5.41) is 5.41. The summed E-state index contributed by atoms with van der Waals surface area (Å²) in [5.41, 5.74) is -0.475. The summed E-state index contributed by atoms with van der Waals surface area (Å²) in [5.74, 6) is -4.34. The van der Waals surface area contributed by atoms with E-state index >= 15 is 4.79 Å². The van der Waals surface area contributed by atoms with Crippen LogP contribution in [0.3, 0.4) is 0 Å². The maximum absolute atomic E-state index is 15.0. The number of nitrogens with zero attached hydrogens (tertiary/aromatic N) is 3. The fourth-order valence-electron chi connectivity index (χ4n) is 9.63. The molecule has 0 unspecified atom stereocenters. The van der Waals surface area contributed by atoms with Gasteiger partial charge in [-0.25, -0.2) is 32.0 Å². The van der Waals surface area contributed by atoms with Gasteiger partial charge in [0.1, 0.15) is 41.3 Å². The maximum atomic E-state index is 15.0. The van der Waals surface area contributed by atoms with Crippen LogP contribution in [-0.4, -0.2) is 102 Å². The second kappa shape index (κ2) is 16.5. The zero-order valence-corrected chi connectivity index (χ0v) is 35.2. The first-order chi connectivity index (χ1) is 28.7. The first-order valence-electron chi connectivity index (χ1n) is 21.6. The number of amides is 4. The van der Waals surface area contributed by atoms with Gasteiger partial charge >= 0.3 is 6.09 Å². The first-order valence-corrected chi connectivity index (χ1v) is 23.1. The maximum Gasteiger partial charge on any atom is 0.408 e. The normalized spacial score (nSPS) is 32.0. The van der Waals surface area contributed by atoms with Gasteiger partial charge in [0.05, 0.1) is 35.4 Å². The monoisotopic (exact) mass is 858 g/mol. The lowest BCUT2D eigenvalue weighted by Gasteiger charge is -2.33. The smallest absolute Gasteiger partial charge is 0.408 e. The summed E-state index contributed by atoms with van der Waals surface area (Å²) in [4.78, 5) is 68.2. The number of fused-ring (bicyclic) bond motifs is 5. The molecule has 15 nitrogen and oxygen atoms in total. The molecular formula is C42H56F2N6O9S. The Morgan fingerprint density at radius 2 is 1.72 bits per heavy atom. The van der Waals surface area contributed by atoms with Crippen LogP contribution in [0.2, 0.25) is 0 Å². The number of ether oxygens (including phenoxy) is 3. The van der Waals surface area contributed by atoms with Crippen LogP contribution in [0.5, 0.6) is 11.6 Å². The quantitative estimate of drug-likeness (QED) is 0.309. The molecular weight excluding hydrogens is 803 g/mol. The van der Waals surface area contributed by atoms with E-state index < -0.39 is 87.0 Å². The molecule has 2 aliphatic heterocycles. The number of alkyl carbamates (subject to hydrolysis) is 1. The molecule has 1 aromatic heterocycles. The molecule has 4 saturated carbocycles. The molecule has 1 saturated heterocycles. The van der Waals surface area contributed by atoms with Crippen molar-refractivity contribution in [2.24, 2.45) is 23.7 Å². The molecule has 3 N–H and O–H groups in total. The van der Waals surface area contributed by atoms with Crippen LogP contribution in [0.4, 0.5) is 13.6 Å². The van der Waals surface area contributed by atoms with E-state index in [4.69, 9.17) is 24.2 Å². The Morgan fingerprint density at radius 3 is 2.40 bits per heavy atom. The number of alkyl halides is 2. The molecule has 3 heterocycles. The minimum atomic E-state index is -4.24. The van der Waals surface area contributed by atoms with E-state index in [0.29, 0.717) is 54.6 Å². The SMILES string of the molecule is CC[C@@H]1[C@@H]2CN(C(=O)[C@H](C3CCCC3)NC(=O)O[C@@H]3C[C@H]3CCCCCCc3nc4ccc(OC)cc4nc3O2)[C@@H]1C(=O)N[C@]1(C(=O)NS(=O)(=O)C2(C)CC2)C[C@H]1C(F)F. The summed E-state index contributed by atoms with van der Waals surface area (Å²) >= 11 is 0. The van der Waals surface area contributed by atoms with Gasteiger partial charge in [-0.05, 0) is 95.1 Å². The predicted molar refractivity (Wildman–Crippen MR) is 214 cm³/mol. The molecule has 8 atom stereocenters. The van der Waals surface area contributed by atoms with Crippen LogP contribution < -0.4 is 24.8 Å². The number of carbonyl (C=O) groups excluding carboxylic acids is 4. The fourth-order valence-corrected chi connectivity index (χ4v) is 10.9. The third-order valence-corrected chi connectivity index (χ3v) is 16.1. The summed E-state index contributed by atoms with van der Waals surface area (Å²) < 4.78 is 73.9. The minimum absolute atomic E-state index is 0.137.